The molecule has 0 bridgehead atoms. The molecule has 0 aliphatic carbocycles. The van der Waals surface area contributed by atoms with Crippen LogP contribution in [0.2, 0.25) is 0 Å². The third-order valence-electron chi connectivity index (χ3n) is 1.28. The van der Waals surface area contributed by atoms with Crippen LogP contribution in [0.4, 0.5) is 0 Å². The highest BCUT2D eigenvalue weighted by atomic mass is 16.5. The number of aliphatic hydroxyl groups excluding tert-OH is 1. The summed E-state index contributed by atoms with van der Waals surface area (Å²) in [6, 6.07) is 0. The zero-order valence-corrected chi connectivity index (χ0v) is 7.99. The van der Waals surface area contributed by atoms with Crippen LogP contribution in [0.3, 0.4) is 0 Å². The first kappa shape index (κ1) is 12.6. The molecule has 0 spiro atoms. The standard InChI is InChI=1S/C9H17O4/c1-8(2)6-12-7-9(5-11)13-4-3-10/h9-10H,1,3-7H2,2H3. The largest absolute Gasteiger partial charge is 0.394 e. The van der Waals surface area contributed by atoms with Crippen LogP contribution in [0.15, 0.2) is 12.2 Å². The topological polar surface area (TPSA) is 58.6 Å². The third kappa shape index (κ3) is 7.93. The molecule has 0 heterocycles. The first-order valence-electron chi connectivity index (χ1n) is 4.23. The van der Waals surface area contributed by atoms with Gasteiger partial charge >= 0.3 is 0 Å². The minimum absolute atomic E-state index is 0.0724. The minimum atomic E-state index is -0.466. The van der Waals surface area contributed by atoms with Crippen molar-refractivity contribution in [3.05, 3.63) is 12.2 Å². The molecule has 1 radical (unpaired) electrons. The molecule has 4 heteroatoms. The number of rotatable bonds is 8. The summed E-state index contributed by atoms with van der Waals surface area (Å²) in [7, 11) is 0. The van der Waals surface area contributed by atoms with E-state index in [-0.39, 0.29) is 26.4 Å². The van der Waals surface area contributed by atoms with Gasteiger partial charge in [0.15, 0.2) is 0 Å². The monoisotopic (exact) mass is 189 g/mol. The average molecular weight is 189 g/mol. The average Bonchev–Trinajstić information content (AvgIpc) is 2.10. The summed E-state index contributed by atoms with van der Waals surface area (Å²) < 4.78 is 10.1. The van der Waals surface area contributed by atoms with Gasteiger partial charge in [-0.2, -0.15) is 0 Å². The van der Waals surface area contributed by atoms with Gasteiger partial charge in [-0.15, -0.1) is 0 Å². The second-order valence-corrected chi connectivity index (χ2v) is 2.86. The van der Waals surface area contributed by atoms with Crippen molar-refractivity contribution in [1.82, 2.24) is 0 Å². The molecule has 0 aromatic carbocycles. The van der Waals surface area contributed by atoms with E-state index in [0.29, 0.717) is 6.61 Å². The van der Waals surface area contributed by atoms with Crippen LogP contribution in [0.5, 0.6) is 0 Å². The van der Waals surface area contributed by atoms with E-state index in [1.54, 1.807) is 0 Å². The van der Waals surface area contributed by atoms with Crippen molar-refractivity contribution in [2.75, 3.05) is 33.0 Å². The lowest BCUT2D eigenvalue weighted by Crippen LogP contribution is -2.25. The Hall–Kier alpha value is -0.420. The second kappa shape index (κ2) is 8.19. The molecule has 0 aliphatic rings. The Morgan fingerprint density at radius 3 is 2.77 bits per heavy atom. The maximum Gasteiger partial charge on any atom is 0.111 e. The minimum Gasteiger partial charge on any atom is -0.394 e. The summed E-state index contributed by atoms with van der Waals surface area (Å²) in [6.45, 7) is 5.97. The van der Waals surface area contributed by atoms with E-state index in [9.17, 15) is 5.11 Å². The van der Waals surface area contributed by atoms with Gasteiger partial charge in [-0.05, 0) is 6.92 Å². The first-order valence-corrected chi connectivity index (χ1v) is 4.23. The zero-order chi connectivity index (χ0) is 10.1. The van der Waals surface area contributed by atoms with Crippen molar-refractivity contribution < 1.29 is 19.7 Å². The van der Waals surface area contributed by atoms with Crippen molar-refractivity contribution in [1.29, 1.82) is 0 Å². The molecule has 1 atom stereocenters. The Morgan fingerprint density at radius 2 is 2.31 bits per heavy atom. The molecule has 0 saturated carbocycles. The van der Waals surface area contributed by atoms with Crippen LogP contribution in [-0.4, -0.2) is 44.2 Å². The molecule has 0 amide bonds. The van der Waals surface area contributed by atoms with Gasteiger partial charge in [-0.1, -0.05) is 12.2 Å². The molecule has 0 saturated heterocycles. The zero-order valence-electron chi connectivity index (χ0n) is 7.99. The fourth-order valence-corrected chi connectivity index (χ4v) is 0.728. The fourth-order valence-electron chi connectivity index (χ4n) is 0.728. The van der Waals surface area contributed by atoms with Gasteiger partial charge in [0.1, 0.15) is 12.7 Å². The predicted molar refractivity (Wildman–Crippen MR) is 48.0 cm³/mol. The van der Waals surface area contributed by atoms with E-state index in [1.807, 2.05) is 6.92 Å². The smallest absolute Gasteiger partial charge is 0.111 e. The molecule has 13 heavy (non-hydrogen) atoms. The normalized spacial score (nSPS) is 12.8. The Balaban J connectivity index is 3.41. The summed E-state index contributed by atoms with van der Waals surface area (Å²) in [6.07, 6.45) is -0.466. The number of aliphatic hydroxyl groups is 1. The van der Waals surface area contributed by atoms with E-state index >= 15 is 0 Å². The van der Waals surface area contributed by atoms with Crippen LogP contribution < -0.4 is 0 Å². The van der Waals surface area contributed by atoms with E-state index < -0.39 is 6.10 Å². The molecular formula is C9H17O4. The Morgan fingerprint density at radius 1 is 1.62 bits per heavy atom. The Bertz CT molecular complexity index is 136. The van der Waals surface area contributed by atoms with E-state index in [0.717, 1.165) is 5.57 Å². The van der Waals surface area contributed by atoms with Crippen LogP contribution in [0.25, 0.3) is 0 Å². The molecular weight excluding hydrogens is 172 g/mol. The molecule has 1 N–H and O–H groups in total. The van der Waals surface area contributed by atoms with Crippen molar-refractivity contribution >= 4 is 0 Å². The number of ether oxygens (including phenoxy) is 2. The number of hydrogen-bond acceptors (Lipinski definition) is 3. The highest BCUT2D eigenvalue weighted by molar-refractivity contribution is 4.87. The molecule has 0 aromatic heterocycles. The van der Waals surface area contributed by atoms with Crippen LogP contribution in [-0.2, 0) is 14.6 Å². The quantitative estimate of drug-likeness (QED) is 0.562. The van der Waals surface area contributed by atoms with E-state index in [4.69, 9.17) is 14.6 Å². The van der Waals surface area contributed by atoms with Crippen LogP contribution in [0, 0.1) is 0 Å². The van der Waals surface area contributed by atoms with Gasteiger partial charge in [0.25, 0.3) is 0 Å². The molecule has 4 nitrogen and oxygen atoms in total. The highest BCUT2D eigenvalue weighted by Crippen LogP contribution is 1.95. The van der Waals surface area contributed by atoms with Gasteiger partial charge in [0, 0.05) is 0 Å². The maximum absolute atomic E-state index is 10.5. The summed E-state index contributed by atoms with van der Waals surface area (Å²) in [5, 5.41) is 18.9. The Kier molecular flexibility index (Phi) is 7.93. The summed E-state index contributed by atoms with van der Waals surface area (Å²) >= 11 is 0. The van der Waals surface area contributed by atoms with Crippen LogP contribution >= 0.6 is 0 Å². The summed E-state index contributed by atoms with van der Waals surface area (Å²) in [5.74, 6) is 0. The lowest BCUT2D eigenvalue weighted by atomic mass is 10.4. The summed E-state index contributed by atoms with van der Waals surface area (Å²) in [4.78, 5) is 0. The van der Waals surface area contributed by atoms with Gasteiger partial charge < -0.3 is 14.6 Å². The number of hydrogen-bond donors (Lipinski definition) is 1. The molecule has 77 valence electrons. The van der Waals surface area contributed by atoms with Crippen molar-refractivity contribution in [2.24, 2.45) is 0 Å². The maximum atomic E-state index is 10.5. The molecule has 0 fully saturated rings. The summed E-state index contributed by atoms with van der Waals surface area (Å²) in [5.41, 5.74) is 0.909. The lowest BCUT2D eigenvalue weighted by Gasteiger charge is -2.13. The Labute approximate surface area is 78.8 Å². The second-order valence-electron chi connectivity index (χ2n) is 2.86. The van der Waals surface area contributed by atoms with E-state index in [2.05, 4.69) is 6.58 Å². The lowest BCUT2D eigenvalue weighted by molar-refractivity contribution is -0.0608. The fraction of sp³-hybridized carbons (Fsp3) is 0.778. The highest BCUT2D eigenvalue weighted by Gasteiger charge is 2.07. The molecule has 0 aromatic rings. The SMILES string of the molecule is C=C(C)COCC(C[O])OCCO. The van der Waals surface area contributed by atoms with Crippen molar-refractivity contribution in [3.63, 3.8) is 0 Å². The van der Waals surface area contributed by atoms with Gasteiger partial charge in [-0.3, -0.25) is 0 Å². The van der Waals surface area contributed by atoms with Gasteiger partial charge in [0.05, 0.1) is 26.4 Å². The molecule has 1 unspecified atom stereocenters. The van der Waals surface area contributed by atoms with Crippen molar-refractivity contribution in [3.8, 4) is 0 Å². The van der Waals surface area contributed by atoms with E-state index in [1.165, 1.54) is 0 Å². The van der Waals surface area contributed by atoms with Gasteiger partial charge in [0.2, 0.25) is 0 Å². The van der Waals surface area contributed by atoms with Crippen LogP contribution in [0.1, 0.15) is 6.92 Å². The predicted octanol–water partition coefficient (Wildman–Crippen LogP) is 0.387. The van der Waals surface area contributed by atoms with Crippen molar-refractivity contribution in [2.45, 2.75) is 13.0 Å². The third-order valence-corrected chi connectivity index (χ3v) is 1.28. The molecule has 0 rings (SSSR count). The first-order chi connectivity index (χ1) is 6.20. The molecule has 0 aliphatic heterocycles. The van der Waals surface area contributed by atoms with Gasteiger partial charge in [-0.25, -0.2) is 5.11 Å².